The summed E-state index contributed by atoms with van der Waals surface area (Å²) in [5, 5.41) is 15.9. The molecule has 0 atom stereocenters. The summed E-state index contributed by atoms with van der Waals surface area (Å²) in [6.07, 6.45) is 6.38. The molecular formula is C20H24N2O4S. The van der Waals surface area contributed by atoms with Gasteiger partial charge in [-0.05, 0) is 44.2 Å². The Kier molecular flexibility index (Phi) is 5.51. The number of benzene rings is 1. The molecule has 3 rings (SSSR count). The van der Waals surface area contributed by atoms with Crippen molar-refractivity contribution in [3.63, 3.8) is 0 Å². The van der Waals surface area contributed by atoms with Gasteiger partial charge in [0, 0.05) is 11.3 Å². The summed E-state index contributed by atoms with van der Waals surface area (Å²) < 4.78 is 27.0. The van der Waals surface area contributed by atoms with Crippen LogP contribution in [0.5, 0.6) is 0 Å². The maximum absolute atomic E-state index is 13.5. The number of carboxylic acids is 1. The molecule has 0 saturated heterocycles. The Labute approximate surface area is 159 Å². The van der Waals surface area contributed by atoms with Gasteiger partial charge in [-0.1, -0.05) is 43.5 Å². The summed E-state index contributed by atoms with van der Waals surface area (Å²) in [6.45, 7) is 4.05. The Balaban J connectivity index is 2.10. The Hall–Kier alpha value is -2.41. The molecule has 144 valence electrons. The number of carbonyl (C=O) groups is 1. The highest BCUT2D eigenvalue weighted by molar-refractivity contribution is 8.00. The minimum absolute atomic E-state index is 0.0514. The average Bonchev–Trinajstić information content (AvgIpc) is 3.06. The van der Waals surface area contributed by atoms with Crippen LogP contribution in [0.15, 0.2) is 29.2 Å². The molecule has 0 spiro atoms. The Morgan fingerprint density at radius 2 is 2.07 bits per heavy atom. The second-order valence-electron chi connectivity index (χ2n) is 6.91. The number of aryl methyl sites for hydroxylation is 3. The summed E-state index contributed by atoms with van der Waals surface area (Å²) in [5.41, 5.74) is 2.33. The number of unbranched alkanes of at least 4 members (excludes halogenated alkanes) is 2. The highest BCUT2D eigenvalue weighted by Crippen LogP contribution is 2.37. The van der Waals surface area contributed by atoms with Crippen LogP contribution < -0.4 is 0 Å². The van der Waals surface area contributed by atoms with Crippen molar-refractivity contribution < 1.29 is 18.3 Å². The van der Waals surface area contributed by atoms with E-state index < -0.39 is 15.8 Å². The molecule has 0 amide bonds. The monoisotopic (exact) mass is 388 g/mol. The van der Waals surface area contributed by atoms with Crippen molar-refractivity contribution in [1.29, 1.82) is 0 Å². The summed E-state index contributed by atoms with van der Waals surface area (Å²) in [6, 6.07) is 5.34. The standard InChI is InChI=1S/C20H24N2O4S/c1-3-4-5-7-14-12-13(2)10-11-16(14)27(25,26)17-9-6-8-15-18(17)19(20(23)24)22-21-15/h9-12H,3-8H2,1-2H3,(H,21,22)(H,23,24). The fourth-order valence-electron chi connectivity index (χ4n) is 3.52. The Morgan fingerprint density at radius 3 is 2.78 bits per heavy atom. The van der Waals surface area contributed by atoms with E-state index in [0.29, 0.717) is 25.0 Å². The summed E-state index contributed by atoms with van der Waals surface area (Å²) >= 11 is 0. The molecule has 27 heavy (non-hydrogen) atoms. The summed E-state index contributed by atoms with van der Waals surface area (Å²) in [4.78, 5) is 11.8. The number of nitrogens with zero attached hydrogens (tertiary/aromatic N) is 1. The predicted octanol–water partition coefficient (Wildman–Crippen LogP) is 3.91. The third kappa shape index (κ3) is 3.69. The van der Waals surface area contributed by atoms with E-state index in [1.165, 1.54) is 0 Å². The normalized spacial score (nSPS) is 13.9. The van der Waals surface area contributed by atoms with Crippen LogP contribution in [0.1, 0.15) is 65.5 Å². The van der Waals surface area contributed by atoms with E-state index in [4.69, 9.17) is 0 Å². The van der Waals surface area contributed by atoms with Gasteiger partial charge in [0.25, 0.3) is 0 Å². The largest absolute Gasteiger partial charge is 0.476 e. The first kappa shape index (κ1) is 19.4. The number of rotatable bonds is 7. The number of hydrogen-bond acceptors (Lipinski definition) is 4. The van der Waals surface area contributed by atoms with E-state index in [1.54, 1.807) is 18.2 Å². The van der Waals surface area contributed by atoms with Crippen LogP contribution in [-0.2, 0) is 22.7 Å². The molecule has 1 heterocycles. The molecule has 7 heteroatoms. The van der Waals surface area contributed by atoms with Gasteiger partial charge in [-0.25, -0.2) is 13.2 Å². The number of allylic oxidation sites excluding steroid dienone is 1. The van der Waals surface area contributed by atoms with Crippen LogP contribution in [0.2, 0.25) is 0 Å². The van der Waals surface area contributed by atoms with Gasteiger partial charge >= 0.3 is 5.97 Å². The number of hydrogen-bond donors (Lipinski definition) is 2. The van der Waals surface area contributed by atoms with Gasteiger partial charge in [0.1, 0.15) is 0 Å². The van der Waals surface area contributed by atoms with Crippen LogP contribution in [0.3, 0.4) is 0 Å². The van der Waals surface area contributed by atoms with E-state index in [0.717, 1.165) is 30.4 Å². The summed E-state index contributed by atoms with van der Waals surface area (Å²) in [7, 11) is -3.85. The zero-order valence-electron chi connectivity index (χ0n) is 15.6. The number of sulfone groups is 1. The minimum Gasteiger partial charge on any atom is -0.476 e. The Morgan fingerprint density at radius 1 is 1.30 bits per heavy atom. The fraction of sp³-hybridized carbons (Fsp3) is 0.400. The first-order valence-corrected chi connectivity index (χ1v) is 10.7. The average molecular weight is 388 g/mol. The molecule has 0 radical (unpaired) electrons. The van der Waals surface area contributed by atoms with Crippen molar-refractivity contribution in [2.75, 3.05) is 0 Å². The molecule has 0 unspecified atom stereocenters. The molecule has 1 aliphatic carbocycles. The Bertz CT molecular complexity index is 1000. The lowest BCUT2D eigenvalue weighted by molar-refractivity contribution is 0.0690. The predicted molar refractivity (Wildman–Crippen MR) is 103 cm³/mol. The van der Waals surface area contributed by atoms with Crippen molar-refractivity contribution >= 4 is 20.7 Å². The molecule has 1 aromatic carbocycles. The topological polar surface area (TPSA) is 100 Å². The van der Waals surface area contributed by atoms with Crippen LogP contribution in [0, 0.1) is 6.92 Å². The molecule has 1 aliphatic rings. The van der Waals surface area contributed by atoms with Crippen molar-refractivity contribution in [2.24, 2.45) is 0 Å². The van der Waals surface area contributed by atoms with Gasteiger partial charge < -0.3 is 5.11 Å². The molecular weight excluding hydrogens is 364 g/mol. The molecule has 0 fully saturated rings. The SMILES string of the molecule is CCCCCc1cc(C)ccc1S(=O)(=O)C1=CCCc2[nH]nc(C(=O)O)c21. The van der Waals surface area contributed by atoms with E-state index in [-0.39, 0.29) is 21.1 Å². The van der Waals surface area contributed by atoms with Gasteiger partial charge in [-0.3, -0.25) is 5.10 Å². The van der Waals surface area contributed by atoms with Crippen LogP contribution in [0.25, 0.3) is 4.91 Å². The van der Waals surface area contributed by atoms with E-state index in [2.05, 4.69) is 17.1 Å². The third-order valence-corrected chi connectivity index (χ3v) is 6.79. The first-order chi connectivity index (χ1) is 12.9. The van der Waals surface area contributed by atoms with Crippen LogP contribution in [0.4, 0.5) is 0 Å². The van der Waals surface area contributed by atoms with Gasteiger partial charge in [-0.15, -0.1) is 0 Å². The lowest BCUT2D eigenvalue weighted by Gasteiger charge is -2.17. The molecule has 6 nitrogen and oxygen atoms in total. The summed E-state index contributed by atoms with van der Waals surface area (Å²) in [5.74, 6) is -1.23. The second kappa shape index (κ2) is 7.68. The maximum atomic E-state index is 13.5. The van der Waals surface area contributed by atoms with Gasteiger partial charge in [-0.2, -0.15) is 5.10 Å². The van der Waals surface area contributed by atoms with E-state index >= 15 is 0 Å². The van der Waals surface area contributed by atoms with E-state index in [9.17, 15) is 18.3 Å². The maximum Gasteiger partial charge on any atom is 0.357 e. The number of aromatic nitrogens is 2. The van der Waals surface area contributed by atoms with Gasteiger partial charge in [0.15, 0.2) is 5.69 Å². The molecule has 0 bridgehead atoms. The molecule has 2 aromatic rings. The number of nitrogens with one attached hydrogen (secondary N) is 1. The number of aromatic carboxylic acids is 1. The van der Waals surface area contributed by atoms with Crippen molar-refractivity contribution in [2.45, 2.75) is 57.3 Å². The third-order valence-electron chi connectivity index (χ3n) is 4.86. The molecule has 0 saturated carbocycles. The van der Waals surface area contributed by atoms with Crippen LogP contribution in [-0.4, -0.2) is 29.7 Å². The van der Waals surface area contributed by atoms with E-state index in [1.807, 2.05) is 13.0 Å². The lowest BCUT2D eigenvalue weighted by Crippen LogP contribution is -2.14. The highest BCUT2D eigenvalue weighted by Gasteiger charge is 2.33. The van der Waals surface area contributed by atoms with Gasteiger partial charge in [0.2, 0.25) is 9.84 Å². The lowest BCUT2D eigenvalue weighted by atomic mass is 10.0. The highest BCUT2D eigenvalue weighted by atomic mass is 32.2. The molecule has 1 aromatic heterocycles. The van der Waals surface area contributed by atoms with Crippen LogP contribution >= 0.6 is 0 Å². The molecule has 0 aliphatic heterocycles. The molecule has 2 N–H and O–H groups in total. The number of H-pyrrole nitrogens is 1. The fourth-order valence-corrected chi connectivity index (χ4v) is 5.34. The number of carboxylic acid groups (broad SMARTS) is 1. The minimum atomic E-state index is -3.85. The van der Waals surface area contributed by atoms with Gasteiger partial charge in [0.05, 0.1) is 9.80 Å². The smallest absolute Gasteiger partial charge is 0.357 e. The zero-order chi connectivity index (χ0) is 19.6. The first-order valence-electron chi connectivity index (χ1n) is 9.22. The van der Waals surface area contributed by atoms with Crippen molar-refractivity contribution in [1.82, 2.24) is 10.2 Å². The quantitative estimate of drug-likeness (QED) is 0.701. The van der Waals surface area contributed by atoms with Crippen molar-refractivity contribution in [3.05, 3.63) is 52.4 Å². The number of fused-ring (bicyclic) bond motifs is 1. The van der Waals surface area contributed by atoms with Crippen molar-refractivity contribution in [3.8, 4) is 0 Å². The number of aromatic amines is 1. The zero-order valence-corrected chi connectivity index (χ0v) is 16.4. The second-order valence-corrected chi connectivity index (χ2v) is 8.80.